The summed E-state index contributed by atoms with van der Waals surface area (Å²) in [6, 6.07) is 3.83. The molecule has 2 atom stereocenters. The molecule has 2 aliphatic heterocycles. The minimum absolute atomic E-state index is 0.0309. The van der Waals surface area contributed by atoms with Gasteiger partial charge in [0.2, 0.25) is 0 Å². The van der Waals surface area contributed by atoms with Gasteiger partial charge in [-0.1, -0.05) is 11.6 Å². The molecule has 3 rings (SSSR count). The monoisotopic (exact) mass is 328 g/mol. The Kier molecular flexibility index (Phi) is 4.28. The molecule has 3 heterocycles. The largest absolute Gasteiger partial charge is 0.396 e. The number of hydrogen-bond acceptors (Lipinski definition) is 4. The van der Waals surface area contributed by atoms with E-state index in [1.165, 1.54) is 11.3 Å². The Hall–Kier alpha value is -0.620. The first-order chi connectivity index (χ1) is 10.1. The van der Waals surface area contributed by atoms with Crippen LogP contribution in [0.15, 0.2) is 12.1 Å². The summed E-state index contributed by atoms with van der Waals surface area (Å²) in [5, 5.41) is 9.89. The van der Waals surface area contributed by atoms with Crippen molar-refractivity contribution in [2.75, 3.05) is 33.3 Å². The Bertz CT molecular complexity index is 535. The number of carbonyl (C=O) groups excluding carboxylic acids is 1. The molecule has 21 heavy (non-hydrogen) atoms. The van der Waals surface area contributed by atoms with Gasteiger partial charge in [-0.15, -0.1) is 11.3 Å². The third-order valence-electron chi connectivity index (χ3n) is 5.08. The van der Waals surface area contributed by atoms with Gasteiger partial charge in [0.25, 0.3) is 5.91 Å². The number of aliphatic hydroxyl groups is 1. The summed E-state index contributed by atoms with van der Waals surface area (Å²) in [5.41, 5.74) is -0.0309. The van der Waals surface area contributed by atoms with E-state index in [-0.39, 0.29) is 24.0 Å². The molecule has 2 fully saturated rings. The minimum atomic E-state index is -0.0309. The number of rotatable bonds is 2. The number of aliphatic hydroxyl groups excluding tert-OH is 1. The fourth-order valence-electron chi connectivity index (χ4n) is 3.79. The number of likely N-dealkylation sites (tertiary alicyclic amines) is 2. The molecule has 0 radical (unpaired) electrons. The van der Waals surface area contributed by atoms with Gasteiger partial charge in [-0.05, 0) is 45.0 Å². The molecule has 1 aromatic rings. The Balaban J connectivity index is 1.78. The van der Waals surface area contributed by atoms with Crippen molar-refractivity contribution in [2.45, 2.75) is 25.3 Å². The highest BCUT2D eigenvalue weighted by Gasteiger charge is 2.47. The average molecular weight is 329 g/mol. The van der Waals surface area contributed by atoms with E-state index in [9.17, 15) is 9.90 Å². The van der Waals surface area contributed by atoms with E-state index in [1.807, 2.05) is 4.90 Å². The van der Waals surface area contributed by atoms with Crippen LogP contribution in [0.25, 0.3) is 0 Å². The van der Waals surface area contributed by atoms with Crippen molar-refractivity contribution < 1.29 is 9.90 Å². The topological polar surface area (TPSA) is 43.8 Å². The van der Waals surface area contributed by atoms with Gasteiger partial charge >= 0.3 is 0 Å². The average Bonchev–Trinajstić information content (AvgIpc) is 2.93. The number of piperidine rings is 2. The lowest BCUT2D eigenvalue weighted by Gasteiger charge is -2.53. The van der Waals surface area contributed by atoms with Crippen molar-refractivity contribution in [2.24, 2.45) is 5.41 Å². The Labute approximate surface area is 134 Å². The lowest BCUT2D eigenvalue weighted by atomic mass is 9.69. The highest BCUT2D eigenvalue weighted by Crippen LogP contribution is 2.41. The number of fused-ring (bicyclic) bond motifs is 1. The van der Waals surface area contributed by atoms with Gasteiger partial charge in [-0.2, -0.15) is 0 Å². The van der Waals surface area contributed by atoms with Crippen LogP contribution in [0.2, 0.25) is 4.34 Å². The lowest BCUT2D eigenvalue weighted by Crippen LogP contribution is -2.62. The van der Waals surface area contributed by atoms with Crippen LogP contribution >= 0.6 is 22.9 Å². The predicted octanol–water partition coefficient (Wildman–Crippen LogP) is 2.32. The van der Waals surface area contributed by atoms with Gasteiger partial charge in [-0.3, -0.25) is 4.79 Å². The zero-order valence-corrected chi connectivity index (χ0v) is 13.8. The van der Waals surface area contributed by atoms with Crippen LogP contribution in [0, 0.1) is 5.41 Å². The van der Waals surface area contributed by atoms with Gasteiger partial charge in [0.1, 0.15) is 0 Å². The molecule has 6 heteroatoms. The van der Waals surface area contributed by atoms with Crippen molar-refractivity contribution in [3.63, 3.8) is 0 Å². The molecule has 2 aliphatic rings. The Morgan fingerprint density at radius 3 is 2.95 bits per heavy atom. The first-order valence-corrected chi connectivity index (χ1v) is 8.61. The van der Waals surface area contributed by atoms with E-state index >= 15 is 0 Å². The van der Waals surface area contributed by atoms with Gasteiger partial charge in [-0.25, -0.2) is 0 Å². The number of nitrogens with zero attached hydrogens (tertiary/aromatic N) is 2. The highest BCUT2D eigenvalue weighted by molar-refractivity contribution is 7.17. The van der Waals surface area contributed by atoms with Crippen molar-refractivity contribution in [1.29, 1.82) is 0 Å². The van der Waals surface area contributed by atoms with Crippen LogP contribution in [0.5, 0.6) is 0 Å². The maximum absolute atomic E-state index is 12.6. The lowest BCUT2D eigenvalue weighted by molar-refractivity contribution is -0.0600. The summed E-state index contributed by atoms with van der Waals surface area (Å²) in [6.45, 7) is 2.68. The van der Waals surface area contributed by atoms with E-state index in [1.54, 1.807) is 12.1 Å². The van der Waals surface area contributed by atoms with Gasteiger partial charge in [0.15, 0.2) is 0 Å². The number of likely N-dealkylation sites (N-methyl/N-ethyl adjacent to an activating group) is 1. The third kappa shape index (κ3) is 2.72. The summed E-state index contributed by atoms with van der Waals surface area (Å²) in [4.78, 5) is 17.5. The van der Waals surface area contributed by atoms with E-state index in [0.717, 1.165) is 32.4 Å². The maximum Gasteiger partial charge on any atom is 0.264 e. The van der Waals surface area contributed by atoms with Crippen molar-refractivity contribution in [3.05, 3.63) is 21.3 Å². The van der Waals surface area contributed by atoms with Crippen molar-refractivity contribution >= 4 is 28.8 Å². The van der Waals surface area contributed by atoms with E-state index in [0.29, 0.717) is 15.8 Å². The molecule has 4 nitrogen and oxygen atoms in total. The second-order valence-corrected chi connectivity index (χ2v) is 7.94. The minimum Gasteiger partial charge on any atom is -0.396 e. The van der Waals surface area contributed by atoms with Crippen LogP contribution in [-0.4, -0.2) is 60.1 Å². The zero-order valence-electron chi connectivity index (χ0n) is 12.2. The third-order valence-corrected chi connectivity index (χ3v) is 6.30. The molecule has 2 saturated heterocycles. The summed E-state index contributed by atoms with van der Waals surface area (Å²) in [6.07, 6.45) is 3.07. The highest BCUT2D eigenvalue weighted by atomic mass is 35.5. The SMILES string of the molecule is CN1CCC[C@]2(CO)CCN(C(=O)c3ccc(Cl)s3)C[C@@H]12. The van der Waals surface area contributed by atoms with E-state index in [2.05, 4.69) is 11.9 Å². The molecule has 1 aromatic heterocycles. The molecule has 1 amide bonds. The first kappa shape index (κ1) is 15.3. The van der Waals surface area contributed by atoms with Crippen LogP contribution in [0.1, 0.15) is 28.9 Å². The molecule has 0 spiro atoms. The number of hydrogen-bond donors (Lipinski definition) is 1. The second kappa shape index (κ2) is 5.88. The quantitative estimate of drug-likeness (QED) is 0.906. The fraction of sp³-hybridized carbons (Fsp3) is 0.667. The van der Waals surface area contributed by atoms with Crippen molar-refractivity contribution in [1.82, 2.24) is 9.80 Å². The Morgan fingerprint density at radius 2 is 2.29 bits per heavy atom. The molecule has 0 aliphatic carbocycles. The molecule has 0 unspecified atom stereocenters. The normalized spacial score (nSPS) is 30.2. The van der Waals surface area contributed by atoms with Gasteiger partial charge in [0.05, 0.1) is 15.8 Å². The van der Waals surface area contributed by atoms with E-state index in [4.69, 9.17) is 11.6 Å². The number of halogens is 1. The summed E-state index contributed by atoms with van der Waals surface area (Å²) < 4.78 is 0.648. The number of amides is 1. The zero-order chi connectivity index (χ0) is 15.0. The summed E-state index contributed by atoms with van der Waals surface area (Å²) >= 11 is 7.26. The smallest absolute Gasteiger partial charge is 0.264 e. The van der Waals surface area contributed by atoms with E-state index < -0.39 is 0 Å². The van der Waals surface area contributed by atoms with Gasteiger partial charge in [0, 0.05) is 24.5 Å². The number of thiophene rings is 1. The standard InChI is InChI=1S/C15H21ClN2O2S/c1-17-7-2-5-15(10-19)6-8-18(9-12(15)17)14(20)11-3-4-13(16)21-11/h3-4,12,19H,2,5-10H2,1H3/t12-,15-/m1/s1. The summed E-state index contributed by atoms with van der Waals surface area (Å²) in [5.74, 6) is 0.0670. The van der Waals surface area contributed by atoms with Crippen LogP contribution in [0.3, 0.4) is 0 Å². The Morgan fingerprint density at radius 1 is 1.48 bits per heavy atom. The van der Waals surface area contributed by atoms with Crippen LogP contribution in [-0.2, 0) is 0 Å². The maximum atomic E-state index is 12.6. The second-order valence-electron chi connectivity index (χ2n) is 6.23. The molecular weight excluding hydrogens is 308 g/mol. The molecule has 116 valence electrons. The van der Waals surface area contributed by atoms with Crippen molar-refractivity contribution in [3.8, 4) is 0 Å². The molecule has 0 saturated carbocycles. The fourth-order valence-corrected chi connectivity index (χ4v) is 4.80. The molecular formula is C15H21ClN2O2S. The van der Waals surface area contributed by atoms with Gasteiger partial charge < -0.3 is 14.9 Å². The van der Waals surface area contributed by atoms with Crippen LogP contribution < -0.4 is 0 Å². The first-order valence-electron chi connectivity index (χ1n) is 7.41. The van der Waals surface area contributed by atoms with Crippen LogP contribution in [0.4, 0.5) is 0 Å². The molecule has 1 N–H and O–H groups in total. The molecule has 0 bridgehead atoms. The number of carbonyl (C=O) groups is 1. The predicted molar refractivity (Wildman–Crippen MR) is 85.0 cm³/mol. The summed E-state index contributed by atoms with van der Waals surface area (Å²) in [7, 11) is 2.10. The molecule has 0 aromatic carbocycles.